The number of rotatable bonds is 7. The Morgan fingerprint density at radius 2 is 2.06 bits per heavy atom. The molecule has 4 unspecified atom stereocenters. The fourth-order valence-electron chi connectivity index (χ4n) is 2.91. The summed E-state index contributed by atoms with van der Waals surface area (Å²) >= 11 is 2.15. The Kier molecular flexibility index (Phi) is 7.61. The lowest BCUT2D eigenvalue weighted by molar-refractivity contribution is 0.223. The Labute approximate surface area is 113 Å². The van der Waals surface area contributed by atoms with Crippen molar-refractivity contribution in [2.75, 3.05) is 12.8 Å². The second-order valence-electron chi connectivity index (χ2n) is 5.65. The molecule has 1 N–H and O–H groups in total. The van der Waals surface area contributed by atoms with Gasteiger partial charge < -0.3 is 5.32 Å². The fraction of sp³-hybridized carbons (Fsp3) is 1.00. The largest absolute Gasteiger partial charge is 0.316 e. The van der Waals surface area contributed by atoms with Crippen LogP contribution in [0.25, 0.3) is 0 Å². The standard InChI is InChI=1S/C15H31NS/c1-5-12(3)17-11-15(16-4)14-9-7-8-13(6-2)10-14/h12-16H,5-11H2,1-4H3. The molecular weight excluding hydrogens is 226 g/mol. The third kappa shape index (κ3) is 5.21. The average molecular weight is 257 g/mol. The van der Waals surface area contributed by atoms with Crippen molar-refractivity contribution in [1.29, 1.82) is 0 Å². The summed E-state index contributed by atoms with van der Waals surface area (Å²) in [4.78, 5) is 0. The molecule has 0 heterocycles. The normalized spacial score (nSPS) is 28.9. The molecule has 1 fully saturated rings. The lowest BCUT2D eigenvalue weighted by Gasteiger charge is -2.34. The smallest absolute Gasteiger partial charge is 0.0183 e. The number of hydrogen-bond donors (Lipinski definition) is 1. The van der Waals surface area contributed by atoms with Gasteiger partial charge in [-0.15, -0.1) is 0 Å². The van der Waals surface area contributed by atoms with Crippen molar-refractivity contribution in [2.45, 2.75) is 70.6 Å². The zero-order valence-corrected chi connectivity index (χ0v) is 13.0. The number of thioether (sulfide) groups is 1. The molecule has 0 aromatic carbocycles. The van der Waals surface area contributed by atoms with Crippen LogP contribution in [0.5, 0.6) is 0 Å². The molecule has 1 aliphatic rings. The van der Waals surface area contributed by atoms with Crippen LogP contribution in [0.4, 0.5) is 0 Å². The van der Waals surface area contributed by atoms with Crippen LogP contribution in [0.15, 0.2) is 0 Å². The first-order valence-corrected chi connectivity index (χ1v) is 8.54. The van der Waals surface area contributed by atoms with E-state index in [1.807, 2.05) is 0 Å². The summed E-state index contributed by atoms with van der Waals surface area (Å²) in [6.07, 6.45) is 8.51. The van der Waals surface area contributed by atoms with E-state index >= 15 is 0 Å². The molecule has 102 valence electrons. The Bertz CT molecular complexity index is 195. The van der Waals surface area contributed by atoms with E-state index in [9.17, 15) is 0 Å². The van der Waals surface area contributed by atoms with Crippen LogP contribution in [-0.4, -0.2) is 24.1 Å². The summed E-state index contributed by atoms with van der Waals surface area (Å²) in [5, 5.41) is 4.39. The summed E-state index contributed by atoms with van der Waals surface area (Å²) in [6, 6.07) is 0.739. The second-order valence-corrected chi connectivity index (χ2v) is 7.12. The maximum absolute atomic E-state index is 3.58. The van der Waals surface area contributed by atoms with Gasteiger partial charge in [-0.1, -0.05) is 40.0 Å². The van der Waals surface area contributed by atoms with Gasteiger partial charge in [0.15, 0.2) is 0 Å². The Morgan fingerprint density at radius 3 is 2.65 bits per heavy atom. The van der Waals surface area contributed by atoms with E-state index in [2.05, 4.69) is 44.9 Å². The molecule has 17 heavy (non-hydrogen) atoms. The Morgan fingerprint density at radius 1 is 1.29 bits per heavy atom. The van der Waals surface area contributed by atoms with Gasteiger partial charge in [0.25, 0.3) is 0 Å². The lowest BCUT2D eigenvalue weighted by Crippen LogP contribution is -2.38. The van der Waals surface area contributed by atoms with E-state index < -0.39 is 0 Å². The maximum atomic E-state index is 3.58. The molecule has 0 aromatic heterocycles. The van der Waals surface area contributed by atoms with Crippen molar-refractivity contribution < 1.29 is 0 Å². The average Bonchev–Trinajstić information content (AvgIpc) is 2.39. The van der Waals surface area contributed by atoms with Gasteiger partial charge >= 0.3 is 0 Å². The number of hydrogen-bond acceptors (Lipinski definition) is 2. The maximum Gasteiger partial charge on any atom is 0.0183 e. The van der Waals surface area contributed by atoms with Crippen LogP contribution in [0, 0.1) is 11.8 Å². The molecule has 0 amide bonds. The quantitative estimate of drug-likeness (QED) is 0.729. The molecule has 1 rings (SSSR count). The van der Waals surface area contributed by atoms with Crippen molar-refractivity contribution in [3.05, 3.63) is 0 Å². The molecule has 1 saturated carbocycles. The van der Waals surface area contributed by atoms with Gasteiger partial charge in [0, 0.05) is 17.0 Å². The van der Waals surface area contributed by atoms with E-state index in [0.717, 1.165) is 23.1 Å². The highest BCUT2D eigenvalue weighted by Crippen LogP contribution is 2.34. The van der Waals surface area contributed by atoms with Gasteiger partial charge in [-0.25, -0.2) is 0 Å². The first-order valence-electron chi connectivity index (χ1n) is 7.50. The van der Waals surface area contributed by atoms with Crippen LogP contribution in [0.2, 0.25) is 0 Å². The van der Waals surface area contributed by atoms with Gasteiger partial charge in [0.2, 0.25) is 0 Å². The van der Waals surface area contributed by atoms with Crippen LogP contribution < -0.4 is 5.32 Å². The summed E-state index contributed by atoms with van der Waals surface area (Å²) in [7, 11) is 2.15. The van der Waals surface area contributed by atoms with Crippen molar-refractivity contribution in [3.8, 4) is 0 Å². The Hall–Kier alpha value is 0.310. The van der Waals surface area contributed by atoms with Gasteiger partial charge in [-0.2, -0.15) is 11.8 Å². The minimum atomic E-state index is 0.739. The van der Waals surface area contributed by atoms with Crippen molar-refractivity contribution in [2.24, 2.45) is 11.8 Å². The lowest BCUT2D eigenvalue weighted by atomic mass is 9.77. The molecule has 0 saturated heterocycles. The van der Waals surface area contributed by atoms with Crippen molar-refractivity contribution in [3.63, 3.8) is 0 Å². The van der Waals surface area contributed by atoms with E-state index in [4.69, 9.17) is 0 Å². The summed E-state index contributed by atoms with van der Waals surface area (Å²) < 4.78 is 0. The highest BCUT2D eigenvalue weighted by atomic mass is 32.2. The van der Waals surface area contributed by atoms with Crippen LogP contribution in [0.1, 0.15) is 59.3 Å². The van der Waals surface area contributed by atoms with E-state index in [1.165, 1.54) is 44.3 Å². The zero-order valence-electron chi connectivity index (χ0n) is 12.2. The summed E-state index contributed by atoms with van der Waals surface area (Å²) in [5.74, 6) is 3.22. The molecule has 2 heteroatoms. The minimum absolute atomic E-state index is 0.739. The highest BCUT2D eigenvalue weighted by Gasteiger charge is 2.26. The summed E-state index contributed by atoms with van der Waals surface area (Å²) in [6.45, 7) is 7.00. The molecule has 0 radical (unpaired) electrons. The summed E-state index contributed by atoms with van der Waals surface area (Å²) in [5.41, 5.74) is 0. The topological polar surface area (TPSA) is 12.0 Å². The first kappa shape index (κ1) is 15.4. The SMILES string of the molecule is CCC1CCCC(C(CSC(C)CC)NC)C1. The van der Waals surface area contributed by atoms with Crippen LogP contribution in [-0.2, 0) is 0 Å². The predicted molar refractivity (Wildman–Crippen MR) is 80.8 cm³/mol. The third-order valence-corrected chi connectivity index (χ3v) is 5.93. The second kappa shape index (κ2) is 8.42. The molecule has 1 aliphatic carbocycles. The molecule has 4 atom stereocenters. The molecular formula is C15H31NS. The van der Waals surface area contributed by atoms with Crippen LogP contribution >= 0.6 is 11.8 Å². The number of nitrogens with one attached hydrogen (secondary N) is 1. The fourth-order valence-corrected chi connectivity index (χ4v) is 4.12. The van der Waals surface area contributed by atoms with Gasteiger partial charge in [0.1, 0.15) is 0 Å². The van der Waals surface area contributed by atoms with Gasteiger partial charge in [0.05, 0.1) is 0 Å². The third-order valence-electron chi connectivity index (χ3n) is 4.48. The first-order chi connectivity index (χ1) is 8.21. The molecule has 0 bridgehead atoms. The van der Waals surface area contributed by atoms with E-state index in [1.54, 1.807) is 0 Å². The molecule has 0 spiro atoms. The van der Waals surface area contributed by atoms with E-state index in [0.29, 0.717) is 0 Å². The molecule has 1 nitrogen and oxygen atoms in total. The zero-order chi connectivity index (χ0) is 12.7. The van der Waals surface area contributed by atoms with Gasteiger partial charge in [-0.3, -0.25) is 0 Å². The Balaban J connectivity index is 2.37. The van der Waals surface area contributed by atoms with E-state index in [-0.39, 0.29) is 0 Å². The van der Waals surface area contributed by atoms with Crippen molar-refractivity contribution in [1.82, 2.24) is 5.32 Å². The van der Waals surface area contributed by atoms with Crippen LogP contribution in [0.3, 0.4) is 0 Å². The predicted octanol–water partition coefficient (Wildman–Crippen LogP) is 4.32. The molecule has 0 aliphatic heterocycles. The van der Waals surface area contributed by atoms with Crippen molar-refractivity contribution >= 4 is 11.8 Å². The minimum Gasteiger partial charge on any atom is -0.316 e. The highest BCUT2D eigenvalue weighted by molar-refractivity contribution is 7.99. The monoisotopic (exact) mass is 257 g/mol. The van der Waals surface area contributed by atoms with Gasteiger partial charge in [-0.05, 0) is 38.1 Å². The molecule has 0 aromatic rings.